The van der Waals surface area contributed by atoms with Gasteiger partial charge in [-0.2, -0.15) is 5.10 Å². The maximum Gasteiger partial charge on any atom is 0.156 e. The predicted molar refractivity (Wildman–Crippen MR) is 81.8 cm³/mol. The third-order valence-electron chi connectivity index (χ3n) is 5.17. The van der Waals surface area contributed by atoms with Crippen LogP contribution in [0.25, 0.3) is 0 Å². The van der Waals surface area contributed by atoms with Crippen LogP contribution in [-0.4, -0.2) is 37.7 Å². The summed E-state index contributed by atoms with van der Waals surface area (Å²) < 4.78 is 22.5. The number of epoxide rings is 1. The van der Waals surface area contributed by atoms with Crippen molar-refractivity contribution in [3.8, 4) is 0 Å². The van der Waals surface area contributed by atoms with Crippen LogP contribution in [0.3, 0.4) is 0 Å². The molecule has 0 bridgehead atoms. The Bertz CT molecular complexity index is 731. The fourth-order valence-corrected chi connectivity index (χ4v) is 3.90. The molecule has 0 spiro atoms. The topological polar surface area (TPSA) is 63.5 Å². The van der Waals surface area contributed by atoms with E-state index >= 15 is 4.39 Å². The van der Waals surface area contributed by atoms with Crippen LogP contribution in [0, 0.1) is 0 Å². The Hall–Kier alpha value is -1.50. The molecule has 1 aromatic carbocycles. The minimum Gasteiger partial charge on any atom is -0.381 e. The highest BCUT2D eigenvalue weighted by Crippen LogP contribution is 2.65. The van der Waals surface area contributed by atoms with Crippen molar-refractivity contribution in [1.29, 1.82) is 0 Å². The van der Waals surface area contributed by atoms with Crippen molar-refractivity contribution < 1.29 is 14.2 Å². The molecule has 2 aliphatic rings. The highest BCUT2D eigenvalue weighted by atomic mass is 35.5. The molecule has 1 aliphatic carbocycles. The smallest absolute Gasteiger partial charge is 0.156 e. The lowest BCUT2D eigenvalue weighted by atomic mass is 9.73. The van der Waals surface area contributed by atoms with Gasteiger partial charge in [0.05, 0.1) is 12.6 Å². The van der Waals surface area contributed by atoms with Crippen LogP contribution in [0.5, 0.6) is 0 Å². The molecule has 2 heterocycles. The molecule has 1 aromatic heterocycles. The van der Waals surface area contributed by atoms with Crippen molar-refractivity contribution in [2.75, 3.05) is 6.61 Å². The van der Waals surface area contributed by atoms with Gasteiger partial charge in [-0.3, -0.25) is 0 Å². The monoisotopic (exact) mass is 337 g/mol. The zero-order valence-electron chi connectivity index (χ0n) is 12.6. The van der Waals surface area contributed by atoms with Gasteiger partial charge in [0.1, 0.15) is 18.3 Å². The van der Waals surface area contributed by atoms with Crippen LogP contribution in [0.1, 0.15) is 31.4 Å². The minimum atomic E-state index is -1.78. The van der Waals surface area contributed by atoms with Gasteiger partial charge < -0.3 is 9.84 Å². The first-order valence-corrected chi connectivity index (χ1v) is 7.97. The molecular weight excluding hydrogens is 321 g/mol. The molecule has 4 rings (SSSR count). The molecule has 2 fully saturated rings. The first-order chi connectivity index (χ1) is 10.9. The van der Waals surface area contributed by atoms with Crippen LogP contribution >= 0.6 is 11.6 Å². The van der Waals surface area contributed by atoms with Gasteiger partial charge in [-0.25, -0.2) is 14.1 Å². The summed E-state index contributed by atoms with van der Waals surface area (Å²) in [5, 5.41) is 16.1. The van der Waals surface area contributed by atoms with E-state index in [2.05, 4.69) is 10.1 Å². The second-order valence-electron chi connectivity index (χ2n) is 6.38. The Morgan fingerprint density at radius 3 is 2.65 bits per heavy atom. The van der Waals surface area contributed by atoms with Crippen LogP contribution in [-0.2, 0) is 10.3 Å². The predicted octanol–water partition coefficient (Wildman–Crippen LogP) is 2.65. The SMILES string of the molecule is CC(n1cncn1)C(O)(C1(F)CC1)C1(c2ccccc2Cl)CO1. The lowest BCUT2D eigenvalue weighted by Gasteiger charge is -2.42. The molecule has 5 nitrogen and oxygen atoms in total. The standard InChI is InChI=1S/C16H17ClFN3O2/c1-11(21-10-19-9-20-21)16(22,14(18)6-7-14)15(8-23-15)12-4-2-3-5-13(12)17/h2-5,9-11,22H,6-8H2,1H3. The van der Waals surface area contributed by atoms with Gasteiger partial charge in [0.2, 0.25) is 0 Å². The average Bonchev–Trinajstić information content (AvgIpc) is 3.45. The number of alkyl halides is 1. The number of nitrogens with zero attached hydrogens (tertiary/aromatic N) is 3. The number of rotatable bonds is 5. The maximum absolute atomic E-state index is 15.3. The van der Waals surface area contributed by atoms with Crippen LogP contribution < -0.4 is 0 Å². The molecule has 3 atom stereocenters. The molecule has 1 saturated carbocycles. The summed E-state index contributed by atoms with van der Waals surface area (Å²) >= 11 is 6.31. The number of ether oxygens (including phenoxy) is 1. The summed E-state index contributed by atoms with van der Waals surface area (Å²) in [7, 11) is 0. The summed E-state index contributed by atoms with van der Waals surface area (Å²) in [6, 6.07) is 6.45. The summed E-state index contributed by atoms with van der Waals surface area (Å²) in [5.41, 5.74) is -4.06. The highest BCUT2D eigenvalue weighted by molar-refractivity contribution is 6.31. The first kappa shape index (κ1) is 15.1. The van der Waals surface area contributed by atoms with E-state index in [0.717, 1.165) is 0 Å². The first-order valence-electron chi connectivity index (χ1n) is 7.59. The van der Waals surface area contributed by atoms with Crippen molar-refractivity contribution in [3.05, 3.63) is 47.5 Å². The Morgan fingerprint density at radius 2 is 2.13 bits per heavy atom. The molecule has 1 saturated heterocycles. The Labute approximate surface area is 138 Å². The number of aliphatic hydroxyl groups is 1. The van der Waals surface area contributed by atoms with Crippen molar-refractivity contribution in [2.24, 2.45) is 0 Å². The summed E-state index contributed by atoms with van der Waals surface area (Å²) in [5.74, 6) is 0. The van der Waals surface area contributed by atoms with E-state index in [9.17, 15) is 5.11 Å². The number of halogens is 2. The van der Waals surface area contributed by atoms with Gasteiger partial charge in [-0.1, -0.05) is 29.8 Å². The molecule has 3 unspecified atom stereocenters. The van der Waals surface area contributed by atoms with Gasteiger partial charge in [0, 0.05) is 10.6 Å². The van der Waals surface area contributed by atoms with Gasteiger partial charge >= 0.3 is 0 Å². The molecule has 1 N–H and O–H groups in total. The quantitative estimate of drug-likeness (QED) is 0.852. The van der Waals surface area contributed by atoms with Crippen LogP contribution in [0.15, 0.2) is 36.9 Å². The van der Waals surface area contributed by atoms with Crippen molar-refractivity contribution in [2.45, 2.75) is 42.7 Å². The zero-order valence-corrected chi connectivity index (χ0v) is 13.4. The molecule has 0 radical (unpaired) electrons. The van der Waals surface area contributed by atoms with Crippen LogP contribution in [0.2, 0.25) is 5.02 Å². The van der Waals surface area contributed by atoms with E-state index in [1.54, 1.807) is 25.1 Å². The minimum absolute atomic E-state index is 0.220. The van der Waals surface area contributed by atoms with E-state index in [1.165, 1.54) is 17.3 Å². The molecule has 2 aromatic rings. The third-order valence-corrected chi connectivity index (χ3v) is 5.50. The number of hydrogen-bond acceptors (Lipinski definition) is 4. The fourth-order valence-electron chi connectivity index (χ4n) is 3.62. The summed E-state index contributed by atoms with van der Waals surface area (Å²) in [6.45, 7) is 1.95. The maximum atomic E-state index is 15.3. The van der Waals surface area contributed by atoms with Gasteiger partial charge in [-0.15, -0.1) is 0 Å². The van der Waals surface area contributed by atoms with Crippen LogP contribution in [0.4, 0.5) is 4.39 Å². The second-order valence-corrected chi connectivity index (χ2v) is 6.79. The van der Waals surface area contributed by atoms with E-state index in [-0.39, 0.29) is 19.4 Å². The van der Waals surface area contributed by atoms with E-state index in [1.807, 2.05) is 6.07 Å². The molecule has 23 heavy (non-hydrogen) atoms. The second kappa shape index (κ2) is 4.75. The molecule has 7 heteroatoms. The Balaban J connectivity index is 1.86. The van der Waals surface area contributed by atoms with Gasteiger partial charge in [-0.05, 0) is 25.8 Å². The van der Waals surface area contributed by atoms with Gasteiger partial charge in [0.15, 0.2) is 11.2 Å². The lowest BCUT2D eigenvalue weighted by Crippen LogP contribution is -2.58. The van der Waals surface area contributed by atoms with Crippen molar-refractivity contribution in [1.82, 2.24) is 14.8 Å². The number of benzene rings is 1. The van der Waals surface area contributed by atoms with Gasteiger partial charge in [0.25, 0.3) is 0 Å². The van der Waals surface area contributed by atoms with Crippen molar-refractivity contribution >= 4 is 11.6 Å². The largest absolute Gasteiger partial charge is 0.381 e. The molecule has 122 valence electrons. The zero-order chi connectivity index (χ0) is 16.3. The highest BCUT2D eigenvalue weighted by Gasteiger charge is 2.77. The average molecular weight is 338 g/mol. The normalized spacial score (nSPS) is 28.9. The summed E-state index contributed by atoms with van der Waals surface area (Å²) in [6.07, 6.45) is 3.42. The van der Waals surface area contributed by atoms with E-state index in [4.69, 9.17) is 16.3 Å². The third kappa shape index (κ3) is 1.92. The number of aromatic nitrogens is 3. The van der Waals surface area contributed by atoms with E-state index in [0.29, 0.717) is 10.6 Å². The lowest BCUT2D eigenvalue weighted by molar-refractivity contribution is -0.143. The van der Waals surface area contributed by atoms with Crippen molar-refractivity contribution in [3.63, 3.8) is 0 Å². The Morgan fingerprint density at radius 1 is 1.43 bits per heavy atom. The fraction of sp³-hybridized carbons (Fsp3) is 0.500. The molecular formula is C16H17ClFN3O2. The Kier molecular flexibility index (Phi) is 3.11. The van der Waals surface area contributed by atoms with E-state index < -0.39 is 22.9 Å². The molecule has 1 aliphatic heterocycles. The summed E-state index contributed by atoms with van der Waals surface area (Å²) in [4.78, 5) is 3.90. The molecule has 0 amide bonds. The number of hydrogen-bond donors (Lipinski definition) is 1.